The summed E-state index contributed by atoms with van der Waals surface area (Å²) < 4.78 is 0.384. The highest BCUT2D eigenvalue weighted by Crippen LogP contribution is 2.27. The van der Waals surface area contributed by atoms with E-state index in [2.05, 4.69) is 26.6 Å². The Kier molecular flexibility index (Phi) is 5.95. The fraction of sp³-hybridized carbons (Fsp3) is 0.0667. The maximum absolute atomic E-state index is 12.3. The smallest absolute Gasteiger partial charge is 0.273 e. The Morgan fingerprint density at radius 1 is 1.15 bits per heavy atom. The highest BCUT2D eigenvalue weighted by atomic mass is 79.9. The molecule has 134 valence electrons. The molecule has 0 unspecified atom stereocenters. The second-order valence-electron chi connectivity index (χ2n) is 5.04. The van der Waals surface area contributed by atoms with Crippen LogP contribution in [0.5, 0.6) is 0 Å². The zero-order chi connectivity index (χ0) is 19.4. The van der Waals surface area contributed by atoms with Gasteiger partial charge in [-0.1, -0.05) is 6.07 Å². The van der Waals surface area contributed by atoms with Gasteiger partial charge in [-0.05, 0) is 47.2 Å². The zero-order valence-corrected chi connectivity index (χ0v) is 15.6. The molecule has 0 aliphatic heterocycles. The molecule has 2 aromatic carbocycles. The van der Waals surface area contributed by atoms with Gasteiger partial charge < -0.3 is 5.32 Å². The van der Waals surface area contributed by atoms with Crippen molar-refractivity contribution in [2.75, 3.05) is 5.32 Å². The van der Waals surface area contributed by atoms with Crippen LogP contribution < -0.4 is 10.6 Å². The standard InChI is InChI=1S/C15H11BrN4O5S/c1-8-10(3-2-4-13(8)20(24)25)14(21)18-15(26)17-12-6-5-9(19(22)23)7-11(12)16/h2-7H,1H3,(H2,17,18,21,26). The first-order valence-corrected chi connectivity index (χ1v) is 8.21. The van der Waals surface area contributed by atoms with Crippen LogP contribution in [0.1, 0.15) is 15.9 Å². The first kappa shape index (κ1) is 19.4. The van der Waals surface area contributed by atoms with Gasteiger partial charge in [0.2, 0.25) is 0 Å². The molecule has 2 aromatic rings. The average Bonchev–Trinajstić information content (AvgIpc) is 2.56. The molecular weight excluding hydrogens is 428 g/mol. The largest absolute Gasteiger partial charge is 0.331 e. The van der Waals surface area contributed by atoms with E-state index in [0.29, 0.717) is 10.2 Å². The van der Waals surface area contributed by atoms with Crippen LogP contribution in [0.3, 0.4) is 0 Å². The third kappa shape index (κ3) is 4.37. The minimum Gasteiger partial charge on any atom is -0.331 e. The molecule has 0 aliphatic rings. The van der Waals surface area contributed by atoms with Crippen molar-refractivity contribution in [3.63, 3.8) is 0 Å². The van der Waals surface area contributed by atoms with Crippen LogP contribution in [-0.4, -0.2) is 20.9 Å². The Hall–Kier alpha value is -2.92. The fourth-order valence-electron chi connectivity index (χ4n) is 2.11. The Morgan fingerprint density at radius 3 is 2.42 bits per heavy atom. The summed E-state index contributed by atoms with van der Waals surface area (Å²) in [6.07, 6.45) is 0. The summed E-state index contributed by atoms with van der Waals surface area (Å²) in [5.41, 5.74) is 0.469. The number of nitro benzene ring substituents is 2. The SMILES string of the molecule is Cc1c(C(=O)NC(=S)Nc2ccc([N+](=O)[O-])cc2Br)cccc1[N+](=O)[O-]. The van der Waals surface area contributed by atoms with Gasteiger partial charge >= 0.3 is 0 Å². The normalized spacial score (nSPS) is 10.1. The average molecular weight is 439 g/mol. The molecule has 0 saturated heterocycles. The Bertz CT molecular complexity index is 934. The molecular formula is C15H11BrN4O5S. The Labute approximate surface area is 160 Å². The summed E-state index contributed by atoms with van der Waals surface area (Å²) in [6.45, 7) is 1.47. The Morgan fingerprint density at radius 2 is 1.85 bits per heavy atom. The summed E-state index contributed by atoms with van der Waals surface area (Å²) in [5, 5.41) is 26.8. The highest BCUT2D eigenvalue weighted by molar-refractivity contribution is 9.10. The summed E-state index contributed by atoms with van der Waals surface area (Å²) in [7, 11) is 0. The minimum atomic E-state index is -0.610. The van der Waals surface area contributed by atoms with E-state index >= 15 is 0 Å². The van der Waals surface area contributed by atoms with Crippen LogP contribution in [0, 0.1) is 27.2 Å². The lowest BCUT2D eigenvalue weighted by Gasteiger charge is -2.12. The van der Waals surface area contributed by atoms with Crippen molar-refractivity contribution < 1.29 is 14.6 Å². The van der Waals surface area contributed by atoms with Gasteiger partial charge in [0.15, 0.2) is 5.11 Å². The molecule has 0 aromatic heterocycles. The minimum absolute atomic E-state index is 0.0598. The Balaban J connectivity index is 2.13. The first-order valence-electron chi connectivity index (χ1n) is 7.01. The van der Waals surface area contributed by atoms with Gasteiger partial charge in [-0.15, -0.1) is 0 Å². The van der Waals surface area contributed by atoms with E-state index in [-0.39, 0.29) is 27.6 Å². The molecule has 0 aliphatic carbocycles. The molecule has 9 nitrogen and oxygen atoms in total. The summed E-state index contributed by atoms with van der Waals surface area (Å²) in [5.74, 6) is -0.610. The molecule has 26 heavy (non-hydrogen) atoms. The van der Waals surface area contributed by atoms with Gasteiger partial charge in [0.1, 0.15) is 0 Å². The number of non-ortho nitro benzene ring substituents is 1. The third-order valence-corrected chi connectivity index (χ3v) is 4.25. The lowest BCUT2D eigenvalue weighted by atomic mass is 10.1. The van der Waals surface area contributed by atoms with Gasteiger partial charge in [0.25, 0.3) is 17.3 Å². The predicted molar refractivity (Wildman–Crippen MR) is 102 cm³/mol. The second kappa shape index (κ2) is 7.97. The van der Waals surface area contributed by atoms with E-state index in [9.17, 15) is 25.0 Å². The van der Waals surface area contributed by atoms with Gasteiger partial charge in [-0.2, -0.15) is 0 Å². The van der Waals surface area contributed by atoms with Crippen molar-refractivity contribution >= 4 is 56.2 Å². The lowest BCUT2D eigenvalue weighted by Crippen LogP contribution is -2.34. The van der Waals surface area contributed by atoms with Crippen molar-refractivity contribution in [1.82, 2.24) is 5.32 Å². The monoisotopic (exact) mass is 438 g/mol. The predicted octanol–water partition coefficient (Wildman–Crippen LogP) is 3.70. The van der Waals surface area contributed by atoms with Gasteiger partial charge in [-0.3, -0.25) is 30.3 Å². The van der Waals surface area contributed by atoms with Crippen molar-refractivity contribution in [2.24, 2.45) is 0 Å². The van der Waals surface area contributed by atoms with Crippen molar-refractivity contribution in [3.05, 3.63) is 72.2 Å². The molecule has 0 heterocycles. The van der Waals surface area contributed by atoms with Gasteiger partial charge in [0, 0.05) is 33.8 Å². The summed E-state index contributed by atoms with van der Waals surface area (Å²) in [6, 6.07) is 8.15. The molecule has 11 heteroatoms. The van der Waals surface area contributed by atoms with E-state index in [1.807, 2.05) is 0 Å². The van der Waals surface area contributed by atoms with Crippen molar-refractivity contribution in [2.45, 2.75) is 6.92 Å². The van der Waals surface area contributed by atoms with Crippen molar-refractivity contribution in [3.8, 4) is 0 Å². The number of nitrogens with zero attached hydrogens (tertiary/aromatic N) is 2. The topological polar surface area (TPSA) is 127 Å². The molecule has 0 fully saturated rings. The number of amides is 1. The molecule has 2 rings (SSSR count). The van der Waals surface area contributed by atoms with E-state index in [1.54, 1.807) is 0 Å². The van der Waals surface area contributed by atoms with E-state index in [1.165, 1.54) is 43.3 Å². The number of benzene rings is 2. The van der Waals surface area contributed by atoms with Crippen LogP contribution >= 0.6 is 28.1 Å². The molecule has 0 spiro atoms. The third-order valence-electron chi connectivity index (χ3n) is 3.39. The first-order chi connectivity index (χ1) is 12.2. The summed E-state index contributed by atoms with van der Waals surface area (Å²) >= 11 is 8.23. The number of rotatable bonds is 4. The fourth-order valence-corrected chi connectivity index (χ4v) is 2.78. The van der Waals surface area contributed by atoms with Gasteiger partial charge in [0.05, 0.1) is 15.5 Å². The summed E-state index contributed by atoms with van der Waals surface area (Å²) in [4.78, 5) is 32.9. The number of hydrogen-bond donors (Lipinski definition) is 2. The van der Waals surface area contributed by atoms with E-state index in [4.69, 9.17) is 12.2 Å². The highest BCUT2D eigenvalue weighted by Gasteiger charge is 2.19. The molecule has 0 saturated carbocycles. The maximum atomic E-state index is 12.3. The zero-order valence-electron chi connectivity index (χ0n) is 13.2. The number of carbonyl (C=O) groups excluding carboxylic acids is 1. The van der Waals surface area contributed by atoms with Crippen LogP contribution in [-0.2, 0) is 0 Å². The number of thiocarbonyl (C=S) groups is 1. The number of halogens is 1. The van der Waals surface area contributed by atoms with Crippen LogP contribution in [0.25, 0.3) is 0 Å². The molecule has 0 radical (unpaired) electrons. The number of anilines is 1. The van der Waals surface area contributed by atoms with Gasteiger partial charge in [-0.25, -0.2) is 0 Å². The lowest BCUT2D eigenvalue weighted by molar-refractivity contribution is -0.385. The van der Waals surface area contributed by atoms with E-state index < -0.39 is 15.8 Å². The molecule has 2 N–H and O–H groups in total. The quantitative estimate of drug-likeness (QED) is 0.422. The number of nitrogens with one attached hydrogen (secondary N) is 2. The molecule has 1 amide bonds. The number of nitro groups is 2. The maximum Gasteiger partial charge on any atom is 0.273 e. The van der Waals surface area contributed by atoms with Crippen molar-refractivity contribution in [1.29, 1.82) is 0 Å². The molecule has 0 bridgehead atoms. The van der Waals surface area contributed by atoms with E-state index in [0.717, 1.165) is 0 Å². The molecule has 0 atom stereocenters. The second-order valence-corrected chi connectivity index (χ2v) is 6.30. The van der Waals surface area contributed by atoms with Crippen LogP contribution in [0.15, 0.2) is 40.9 Å². The number of hydrogen-bond acceptors (Lipinski definition) is 6. The van der Waals surface area contributed by atoms with Crippen LogP contribution in [0.2, 0.25) is 0 Å². The van der Waals surface area contributed by atoms with Crippen LogP contribution in [0.4, 0.5) is 17.1 Å². The number of carbonyl (C=O) groups is 1.